The lowest BCUT2D eigenvalue weighted by atomic mass is 10.2. The average Bonchev–Trinajstić information content (AvgIpc) is 3.20. The Morgan fingerprint density at radius 1 is 1.23 bits per heavy atom. The fourth-order valence-corrected chi connectivity index (χ4v) is 3.20. The monoisotopic (exact) mass is 377 g/mol. The van der Waals surface area contributed by atoms with Gasteiger partial charge in [0.25, 0.3) is 0 Å². The van der Waals surface area contributed by atoms with Crippen molar-refractivity contribution in [1.29, 1.82) is 0 Å². The van der Waals surface area contributed by atoms with Crippen LogP contribution in [0.1, 0.15) is 18.4 Å². The van der Waals surface area contributed by atoms with Crippen LogP contribution in [0.25, 0.3) is 11.3 Å². The number of nitrogens with zero attached hydrogens (tertiary/aromatic N) is 3. The lowest BCUT2D eigenvalue weighted by molar-refractivity contribution is -0.0498. The summed E-state index contributed by atoms with van der Waals surface area (Å²) in [5, 5.41) is 6.40. The van der Waals surface area contributed by atoms with E-state index in [1.54, 1.807) is 23.0 Å². The molecule has 0 spiro atoms. The number of hydrogen-bond acceptors (Lipinski definition) is 5. The van der Waals surface area contributed by atoms with E-state index >= 15 is 0 Å². The van der Waals surface area contributed by atoms with Crippen molar-refractivity contribution < 1.29 is 17.9 Å². The summed E-state index contributed by atoms with van der Waals surface area (Å²) < 4.78 is 36.2. The minimum atomic E-state index is -2.84. The quantitative estimate of drug-likeness (QED) is 0.593. The van der Waals surface area contributed by atoms with Gasteiger partial charge in [0, 0.05) is 17.5 Å². The van der Waals surface area contributed by atoms with Crippen molar-refractivity contribution in [3.63, 3.8) is 0 Å². The van der Waals surface area contributed by atoms with E-state index in [4.69, 9.17) is 4.42 Å². The summed E-state index contributed by atoms with van der Waals surface area (Å²) in [4.78, 5) is 5.17. The molecule has 0 N–H and O–H groups in total. The molecule has 0 aliphatic carbocycles. The number of alkyl halides is 2. The fraction of sp³-hybridized carbons (Fsp3) is 0.222. The van der Waals surface area contributed by atoms with Crippen LogP contribution in [0.15, 0.2) is 56.3 Å². The SMILES string of the molecule is CCN=c1scc(-c2ccc(OC(F)F)cc2)n1/N=C\c1ccc(C)o1. The van der Waals surface area contributed by atoms with Crippen LogP contribution in [0.5, 0.6) is 5.75 Å². The Kier molecular flexibility index (Phi) is 5.62. The molecule has 1 aromatic carbocycles. The number of benzene rings is 1. The molecule has 0 bridgehead atoms. The standard InChI is InChI=1S/C18H17F2N3O2S/c1-3-21-18-23(22-10-15-7-4-12(2)24-15)16(11-26-18)13-5-8-14(9-6-13)25-17(19)20/h4-11,17H,3H2,1-2H3/b21-18?,22-10-. The predicted molar refractivity (Wildman–Crippen MR) is 96.9 cm³/mol. The molecule has 0 unspecified atom stereocenters. The lowest BCUT2D eigenvalue weighted by Gasteiger charge is -2.06. The second-order valence-corrected chi connectivity index (χ2v) is 6.12. The molecule has 5 nitrogen and oxygen atoms in total. The molecule has 0 saturated carbocycles. The number of aryl methyl sites for hydroxylation is 1. The first kappa shape index (κ1) is 18.1. The van der Waals surface area contributed by atoms with E-state index in [-0.39, 0.29) is 5.75 Å². The Morgan fingerprint density at radius 3 is 2.62 bits per heavy atom. The van der Waals surface area contributed by atoms with Gasteiger partial charge in [0.15, 0.2) is 0 Å². The van der Waals surface area contributed by atoms with Crippen molar-refractivity contribution in [1.82, 2.24) is 4.68 Å². The maximum absolute atomic E-state index is 12.3. The molecule has 26 heavy (non-hydrogen) atoms. The largest absolute Gasteiger partial charge is 0.460 e. The van der Waals surface area contributed by atoms with Crippen molar-refractivity contribution in [3.8, 4) is 17.0 Å². The smallest absolute Gasteiger partial charge is 0.387 e. The first-order valence-electron chi connectivity index (χ1n) is 7.94. The highest BCUT2D eigenvalue weighted by Crippen LogP contribution is 2.24. The molecule has 2 heterocycles. The van der Waals surface area contributed by atoms with Gasteiger partial charge in [-0.15, -0.1) is 11.3 Å². The summed E-state index contributed by atoms with van der Waals surface area (Å²) in [6.45, 7) is 1.58. The molecule has 8 heteroatoms. The van der Waals surface area contributed by atoms with Crippen LogP contribution >= 0.6 is 11.3 Å². The fourth-order valence-electron chi connectivity index (χ4n) is 2.30. The summed E-state index contributed by atoms with van der Waals surface area (Å²) in [5.74, 6) is 1.55. The van der Waals surface area contributed by atoms with Crippen molar-refractivity contribution in [2.45, 2.75) is 20.5 Å². The summed E-state index contributed by atoms with van der Waals surface area (Å²) in [7, 11) is 0. The van der Waals surface area contributed by atoms with E-state index in [9.17, 15) is 8.78 Å². The molecule has 136 valence electrons. The summed E-state index contributed by atoms with van der Waals surface area (Å²) in [5.41, 5.74) is 1.61. The van der Waals surface area contributed by atoms with Gasteiger partial charge < -0.3 is 9.15 Å². The molecular weight excluding hydrogens is 360 g/mol. The number of thiazole rings is 1. The highest BCUT2D eigenvalue weighted by atomic mass is 32.1. The van der Waals surface area contributed by atoms with Gasteiger partial charge in [0.05, 0.1) is 11.9 Å². The second kappa shape index (κ2) is 8.09. The van der Waals surface area contributed by atoms with Crippen LogP contribution in [0, 0.1) is 6.92 Å². The number of furan rings is 1. The molecule has 0 radical (unpaired) electrons. The molecule has 2 aromatic heterocycles. The molecular formula is C18H17F2N3O2S. The number of rotatable bonds is 6. The number of ether oxygens (including phenoxy) is 1. The van der Waals surface area contributed by atoms with E-state index < -0.39 is 6.61 Å². The Bertz CT molecular complexity index is 955. The lowest BCUT2D eigenvalue weighted by Crippen LogP contribution is -2.12. The molecule has 0 saturated heterocycles. The zero-order chi connectivity index (χ0) is 18.5. The normalized spacial score (nSPS) is 12.4. The first-order chi connectivity index (χ1) is 12.6. The average molecular weight is 377 g/mol. The van der Waals surface area contributed by atoms with Gasteiger partial charge in [-0.3, -0.25) is 4.99 Å². The third kappa shape index (κ3) is 4.26. The highest BCUT2D eigenvalue weighted by molar-refractivity contribution is 7.07. The summed E-state index contributed by atoms with van der Waals surface area (Å²) >= 11 is 1.45. The maximum Gasteiger partial charge on any atom is 0.387 e. The third-order valence-electron chi connectivity index (χ3n) is 3.42. The Hall–Kier alpha value is -2.74. The molecule has 0 aliphatic heterocycles. The van der Waals surface area contributed by atoms with Crippen LogP contribution in [0.2, 0.25) is 0 Å². The molecule has 0 atom stereocenters. The molecule has 0 fully saturated rings. The van der Waals surface area contributed by atoms with Crippen LogP contribution < -0.4 is 9.54 Å². The summed E-state index contributed by atoms with van der Waals surface area (Å²) in [6, 6.07) is 10.1. The van der Waals surface area contributed by atoms with Gasteiger partial charge in [-0.2, -0.15) is 13.9 Å². The number of aromatic nitrogens is 1. The van der Waals surface area contributed by atoms with Gasteiger partial charge in [0.2, 0.25) is 4.80 Å². The van der Waals surface area contributed by atoms with E-state index in [2.05, 4.69) is 14.8 Å². The minimum absolute atomic E-state index is 0.110. The summed E-state index contributed by atoms with van der Waals surface area (Å²) in [6.07, 6.45) is 1.62. The number of hydrogen-bond donors (Lipinski definition) is 0. The Balaban J connectivity index is 1.97. The second-order valence-electron chi connectivity index (χ2n) is 5.29. The van der Waals surface area contributed by atoms with Gasteiger partial charge in [0.1, 0.15) is 17.3 Å². The van der Waals surface area contributed by atoms with Crippen LogP contribution in [-0.2, 0) is 0 Å². The predicted octanol–water partition coefficient (Wildman–Crippen LogP) is 4.52. The topological polar surface area (TPSA) is 52.0 Å². The zero-order valence-corrected chi connectivity index (χ0v) is 15.0. The van der Waals surface area contributed by atoms with E-state index in [0.717, 1.165) is 21.8 Å². The molecule has 0 aliphatic rings. The first-order valence-corrected chi connectivity index (χ1v) is 8.82. The van der Waals surface area contributed by atoms with Gasteiger partial charge >= 0.3 is 6.61 Å². The van der Waals surface area contributed by atoms with Crippen LogP contribution in [0.4, 0.5) is 8.78 Å². The van der Waals surface area contributed by atoms with Crippen molar-refractivity contribution in [2.75, 3.05) is 6.54 Å². The number of halogens is 2. The van der Waals surface area contributed by atoms with Gasteiger partial charge in [-0.05, 0) is 50.2 Å². The molecule has 0 amide bonds. The Labute approximate surface area is 152 Å². The van der Waals surface area contributed by atoms with Crippen LogP contribution in [0.3, 0.4) is 0 Å². The molecule has 3 aromatic rings. The minimum Gasteiger partial charge on any atom is -0.460 e. The van der Waals surface area contributed by atoms with Crippen molar-refractivity contribution in [3.05, 3.63) is 58.1 Å². The van der Waals surface area contributed by atoms with Crippen molar-refractivity contribution in [2.24, 2.45) is 10.1 Å². The van der Waals surface area contributed by atoms with E-state index in [0.29, 0.717) is 12.3 Å². The Morgan fingerprint density at radius 2 is 2.00 bits per heavy atom. The third-order valence-corrected chi connectivity index (χ3v) is 4.27. The van der Waals surface area contributed by atoms with Crippen LogP contribution in [-0.4, -0.2) is 24.0 Å². The zero-order valence-electron chi connectivity index (χ0n) is 14.2. The molecule has 3 rings (SSSR count). The van der Waals surface area contributed by atoms with Gasteiger partial charge in [-0.1, -0.05) is 0 Å². The van der Waals surface area contributed by atoms with Gasteiger partial charge in [-0.25, -0.2) is 4.68 Å². The van der Waals surface area contributed by atoms with E-state index in [1.807, 2.05) is 31.4 Å². The van der Waals surface area contributed by atoms with E-state index in [1.165, 1.54) is 23.5 Å². The highest BCUT2D eigenvalue weighted by Gasteiger charge is 2.09. The maximum atomic E-state index is 12.3. The van der Waals surface area contributed by atoms with Crippen molar-refractivity contribution >= 4 is 17.6 Å².